The molecule has 3 aromatic rings. The van der Waals surface area contributed by atoms with Gasteiger partial charge in [-0.25, -0.2) is 4.79 Å². The number of amidine groups is 1. The molecule has 1 aliphatic carbocycles. The maximum atomic E-state index is 10.6. The fourth-order valence-electron chi connectivity index (χ4n) is 4.32. The number of nitrogens with one attached hydrogen (secondary N) is 1. The quantitative estimate of drug-likeness (QED) is 0.550. The van der Waals surface area contributed by atoms with Gasteiger partial charge in [0.05, 0.1) is 6.04 Å². The van der Waals surface area contributed by atoms with Crippen molar-refractivity contribution in [2.45, 2.75) is 31.1 Å². The van der Waals surface area contributed by atoms with E-state index < -0.39 is 12.1 Å². The van der Waals surface area contributed by atoms with Gasteiger partial charge in [-0.1, -0.05) is 84.9 Å². The van der Waals surface area contributed by atoms with Crippen LogP contribution in [0.25, 0.3) is 0 Å². The molecule has 0 spiro atoms. The molecule has 5 rings (SSSR count). The molecule has 1 aliphatic heterocycles. The monoisotopic (exact) mass is 452 g/mol. The van der Waals surface area contributed by atoms with Gasteiger partial charge in [0.25, 0.3) is 0 Å². The molecular weight excluding hydrogens is 429 g/mol. The number of rotatable bonds is 3. The van der Waals surface area contributed by atoms with E-state index in [1.165, 1.54) is 28.1 Å². The predicted molar refractivity (Wildman–Crippen MR) is 120 cm³/mol. The summed E-state index contributed by atoms with van der Waals surface area (Å²) in [4.78, 5) is 14.1. The Kier molecular flexibility index (Phi) is 6.49. The summed E-state index contributed by atoms with van der Waals surface area (Å²) in [6.45, 7) is 0. The summed E-state index contributed by atoms with van der Waals surface area (Å²) in [6, 6.07) is 30.5. The van der Waals surface area contributed by atoms with Crippen molar-refractivity contribution in [2.24, 2.45) is 10.9 Å². The minimum absolute atomic E-state index is 0.136. The van der Waals surface area contributed by atoms with E-state index in [0.717, 1.165) is 12.8 Å². The van der Waals surface area contributed by atoms with Crippen LogP contribution in [0.5, 0.6) is 0 Å². The lowest BCUT2D eigenvalue weighted by atomic mass is 9.95. The predicted octanol–water partition coefficient (Wildman–Crippen LogP) is 5.52. The van der Waals surface area contributed by atoms with E-state index in [1.54, 1.807) is 0 Å². The maximum absolute atomic E-state index is 10.6. The minimum atomic E-state index is -5.08. The number of carbonyl (C=O) groups is 1. The van der Waals surface area contributed by atoms with Crippen LogP contribution < -0.4 is 5.32 Å². The van der Waals surface area contributed by atoms with E-state index in [1.807, 2.05) is 0 Å². The minimum Gasteiger partial charge on any atom is -0.475 e. The number of hydrogen-bond acceptors (Lipinski definition) is 3. The van der Waals surface area contributed by atoms with E-state index in [2.05, 4.69) is 90.2 Å². The highest BCUT2D eigenvalue weighted by molar-refractivity contribution is 5.88. The SMILES string of the molecule is O=C(O)C(F)(F)F.c1ccc(C2N=C(C3Cc4ccccc4C3)NC2c2ccccc2)cc1. The molecule has 170 valence electrons. The van der Waals surface area contributed by atoms with Crippen molar-refractivity contribution < 1.29 is 23.1 Å². The average Bonchev–Trinajstić information content (AvgIpc) is 3.45. The molecular formula is C26H23F3N2O2. The number of benzene rings is 3. The first-order valence-corrected chi connectivity index (χ1v) is 10.6. The van der Waals surface area contributed by atoms with Crippen molar-refractivity contribution >= 4 is 11.8 Å². The molecule has 3 aromatic carbocycles. The number of alkyl halides is 3. The number of nitrogens with zero attached hydrogens (tertiary/aromatic N) is 1. The van der Waals surface area contributed by atoms with Crippen LogP contribution in [-0.2, 0) is 17.6 Å². The molecule has 0 saturated heterocycles. The van der Waals surface area contributed by atoms with Gasteiger partial charge in [0, 0.05) is 5.92 Å². The van der Waals surface area contributed by atoms with Crippen molar-refractivity contribution in [2.75, 3.05) is 0 Å². The van der Waals surface area contributed by atoms with Crippen LogP contribution in [0.4, 0.5) is 13.2 Å². The summed E-state index contributed by atoms with van der Waals surface area (Å²) in [5.41, 5.74) is 5.53. The molecule has 2 unspecified atom stereocenters. The Labute approximate surface area is 189 Å². The van der Waals surface area contributed by atoms with Crippen LogP contribution >= 0.6 is 0 Å². The summed E-state index contributed by atoms with van der Waals surface area (Å²) >= 11 is 0. The lowest BCUT2D eigenvalue weighted by molar-refractivity contribution is -0.192. The van der Waals surface area contributed by atoms with Gasteiger partial charge >= 0.3 is 12.1 Å². The zero-order valence-corrected chi connectivity index (χ0v) is 17.7. The highest BCUT2D eigenvalue weighted by Crippen LogP contribution is 2.39. The fraction of sp³-hybridized carbons (Fsp3) is 0.231. The summed E-state index contributed by atoms with van der Waals surface area (Å²) in [6.07, 6.45) is -2.91. The van der Waals surface area contributed by atoms with Gasteiger partial charge in [0.2, 0.25) is 0 Å². The van der Waals surface area contributed by atoms with Crippen LogP contribution in [0.1, 0.15) is 34.3 Å². The normalized spacial score (nSPS) is 19.7. The first-order chi connectivity index (χ1) is 15.8. The number of carboxylic acid groups (broad SMARTS) is 1. The van der Waals surface area contributed by atoms with Crippen molar-refractivity contribution in [1.29, 1.82) is 0 Å². The van der Waals surface area contributed by atoms with Crippen LogP contribution in [-0.4, -0.2) is 23.1 Å². The zero-order chi connectivity index (χ0) is 23.4. The van der Waals surface area contributed by atoms with E-state index in [9.17, 15) is 13.2 Å². The van der Waals surface area contributed by atoms with Crippen molar-refractivity contribution in [3.63, 3.8) is 0 Å². The van der Waals surface area contributed by atoms with Gasteiger partial charge < -0.3 is 10.4 Å². The number of carboxylic acids is 1. The number of aliphatic imine (C=N–C) groups is 1. The smallest absolute Gasteiger partial charge is 0.475 e. The molecule has 0 aromatic heterocycles. The Morgan fingerprint density at radius 1 is 0.818 bits per heavy atom. The third-order valence-corrected chi connectivity index (χ3v) is 5.88. The molecule has 1 heterocycles. The van der Waals surface area contributed by atoms with Gasteiger partial charge in [0.15, 0.2) is 0 Å². The second-order valence-corrected chi connectivity index (χ2v) is 8.08. The zero-order valence-electron chi connectivity index (χ0n) is 17.7. The lowest BCUT2D eigenvalue weighted by Crippen LogP contribution is -2.30. The van der Waals surface area contributed by atoms with Gasteiger partial charge in [-0.15, -0.1) is 0 Å². The second kappa shape index (κ2) is 9.48. The fourth-order valence-corrected chi connectivity index (χ4v) is 4.32. The highest BCUT2D eigenvalue weighted by atomic mass is 19.4. The molecule has 0 saturated carbocycles. The van der Waals surface area contributed by atoms with Gasteiger partial charge in [-0.3, -0.25) is 4.99 Å². The molecule has 4 nitrogen and oxygen atoms in total. The maximum Gasteiger partial charge on any atom is 0.490 e. The van der Waals surface area contributed by atoms with E-state index >= 15 is 0 Å². The van der Waals surface area contributed by atoms with E-state index in [4.69, 9.17) is 14.9 Å². The number of aliphatic carboxylic acids is 1. The Hall–Kier alpha value is -3.61. The molecule has 33 heavy (non-hydrogen) atoms. The Morgan fingerprint density at radius 2 is 1.27 bits per heavy atom. The lowest BCUT2D eigenvalue weighted by Gasteiger charge is -2.20. The van der Waals surface area contributed by atoms with Crippen LogP contribution in [0.3, 0.4) is 0 Å². The van der Waals surface area contributed by atoms with Gasteiger partial charge in [0.1, 0.15) is 11.9 Å². The van der Waals surface area contributed by atoms with Crippen LogP contribution in [0, 0.1) is 5.92 Å². The molecule has 0 amide bonds. The van der Waals surface area contributed by atoms with E-state index in [0.29, 0.717) is 5.92 Å². The van der Waals surface area contributed by atoms with Gasteiger partial charge in [-0.2, -0.15) is 13.2 Å². The number of hydrogen-bond donors (Lipinski definition) is 2. The number of halogens is 3. The third-order valence-electron chi connectivity index (χ3n) is 5.88. The largest absolute Gasteiger partial charge is 0.490 e. The Bertz CT molecular complexity index is 1110. The number of fused-ring (bicyclic) bond motifs is 1. The molecule has 2 atom stereocenters. The van der Waals surface area contributed by atoms with Crippen LogP contribution in [0.15, 0.2) is 89.9 Å². The second-order valence-electron chi connectivity index (χ2n) is 8.08. The summed E-state index contributed by atoms with van der Waals surface area (Å²) < 4.78 is 31.7. The molecule has 7 heteroatoms. The molecule has 0 bridgehead atoms. The van der Waals surface area contributed by atoms with E-state index in [-0.39, 0.29) is 12.1 Å². The topological polar surface area (TPSA) is 61.7 Å². The molecule has 0 radical (unpaired) electrons. The third kappa shape index (κ3) is 5.25. The highest BCUT2D eigenvalue weighted by Gasteiger charge is 2.38. The van der Waals surface area contributed by atoms with Crippen molar-refractivity contribution in [1.82, 2.24) is 5.32 Å². The van der Waals surface area contributed by atoms with Gasteiger partial charge in [-0.05, 0) is 35.1 Å². The van der Waals surface area contributed by atoms with Crippen molar-refractivity contribution in [3.8, 4) is 0 Å². The summed E-state index contributed by atoms with van der Waals surface area (Å²) in [5.74, 6) is -1.12. The average molecular weight is 452 g/mol. The molecule has 0 fully saturated rings. The first-order valence-electron chi connectivity index (χ1n) is 10.6. The Balaban J connectivity index is 0.000000325. The first kappa shape index (κ1) is 22.6. The van der Waals surface area contributed by atoms with Crippen molar-refractivity contribution in [3.05, 3.63) is 107 Å². The molecule has 2 N–H and O–H groups in total. The summed E-state index contributed by atoms with van der Waals surface area (Å²) in [5, 5.41) is 10.9. The standard InChI is InChI=1S/C24H22N2.C2HF3O2/c1-3-9-17(10-4-1)22-23(18-11-5-2-6-12-18)26-24(25-22)21-15-19-13-7-8-14-20(19)16-21;3-2(4,5)1(6)7/h1-14,21-23H,15-16H2,(H,25,26);(H,6,7). The Morgan fingerprint density at radius 3 is 1.76 bits per heavy atom. The van der Waals surface area contributed by atoms with Crippen LogP contribution in [0.2, 0.25) is 0 Å². The molecule has 2 aliphatic rings. The summed E-state index contributed by atoms with van der Waals surface area (Å²) in [7, 11) is 0.